The molecule has 0 saturated carbocycles. The van der Waals surface area contributed by atoms with Gasteiger partial charge in [0.05, 0.1) is 19.6 Å². The number of nitrogens with zero attached hydrogens (tertiary/aromatic N) is 2. The second kappa shape index (κ2) is 11.9. The molecule has 32 heavy (non-hydrogen) atoms. The van der Waals surface area contributed by atoms with Crippen LogP contribution in [0.4, 0.5) is 5.69 Å². The van der Waals surface area contributed by atoms with Crippen LogP contribution in [0.25, 0.3) is 10.9 Å². The number of aryl methyl sites for hydroxylation is 1. The lowest BCUT2D eigenvalue weighted by Crippen LogP contribution is -3.11. The van der Waals surface area contributed by atoms with Gasteiger partial charge in [-0.05, 0) is 62.8 Å². The van der Waals surface area contributed by atoms with E-state index in [9.17, 15) is 0 Å². The summed E-state index contributed by atoms with van der Waals surface area (Å²) in [6, 6.07) is 14.0. The molecule has 0 fully saturated rings. The van der Waals surface area contributed by atoms with Crippen LogP contribution in [0.15, 0.2) is 48.7 Å². The zero-order valence-electron chi connectivity index (χ0n) is 19.1. The molecule has 4 nitrogen and oxygen atoms in total. The average molecular weight is 493 g/mol. The van der Waals surface area contributed by atoms with Crippen LogP contribution in [-0.2, 0) is 13.1 Å². The maximum absolute atomic E-state index is 6.19. The number of hydrogen-bond acceptors (Lipinski definition) is 1. The van der Waals surface area contributed by atoms with Crippen molar-refractivity contribution in [1.29, 1.82) is 0 Å². The van der Waals surface area contributed by atoms with Crippen molar-refractivity contribution < 1.29 is 4.90 Å². The third-order valence-electron chi connectivity index (χ3n) is 5.93. The number of halogens is 2. The highest BCUT2D eigenvalue weighted by Gasteiger charge is 2.16. The molecule has 3 rings (SSSR count). The minimum atomic E-state index is 0.588. The summed E-state index contributed by atoms with van der Waals surface area (Å²) >= 11 is 18.2. The number of fused-ring (bicyclic) bond motifs is 1. The fourth-order valence-corrected chi connectivity index (χ4v) is 4.92. The number of aromatic nitrogens is 1. The number of thiocarbonyl (C=S) groups is 1. The average Bonchev–Trinajstić information content (AvgIpc) is 3.13. The molecule has 0 bridgehead atoms. The van der Waals surface area contributed by atoms with Crippen LogP contribution in [0.2, 0.25) is 10.0 Å². The van der Waals surface area contributed by atoms with E-state index >= 15 is 0 Å². The Morgan fingerprint density at radius 1 is 1.06 bits per heavy atom. The summed E-state index contributed by atoms with van der Waals surface area (Å²) < 4.78 is 2.30. The monoisotopic (exact) mass is 491 g/mol. The van der Waals surface area contributed by atoms with Gasteiger partial charge in [0.1, 0.15) is 0 Å². The first-order valence-electron chi connectivity index (χ1n) is 11.4. The van der Waals surface area contributed by atoms with Gasteiger partial charge in [0.2, 0.25) is 0 Å². The molecular formula is C25H33Cl2N4S+. The Bertz CT molecular complexity index is 1030. The highest BCUT2D eigenvalue weighted by molar-refractivity contribution is 7.80. The first-order valence-corrected chi connectivity index (χ1v) is 12.5. The zero-order valence-corrected chi connectivity index (χ0v) is 21.5. The van der Waals surface area contributed by atoms with Gasteiger partial charge in [-0.25, -0.2) is 0 Å². The quantitative estimate of drug-likeness (QED) is 0.367. The molecule has 0 unspecified atom stereocenters. The lowest BCUT2D eigenvalue weighted by molar-refractivity contribution is -0.896. The minimum Gasteiger partial charge on any atom is -0.347 e. The van der Waals surface area contributed by atoms with Crippen LogP contribution >= 0.6 is 35.4 Å². The Kier molecular flexibility index (Phi) is 9.23. The predicted octanol–water partition coefficient (Wildman–Crippen LogP) is 5.48. The lowest BCUT2D eigenvalue weighted by Gasteiger charge is -2.27. The topological polar surface area (TPSA) is 24.6 Å². The normalized spacial score (nSPS) is 11.3. The summed E-state index contributed by atoms with van der Waals surface area (Å²) in [4.78, 5) is 3.86. The van der Waals surface area contributed by atoms with Gasteiger partial charge in [-0.15, -0.1) is 0 Å². The van der Waals surface area contributed by atoms with Crippen LogP contribution in [0, 0.1) is 0 Å². The second-order valence-corrected chi connectivity index (χ2v) is 9.29. The van der Waals surface area contributed by atoms with Gasteiger partial charge in [0.25, 0.3) is 0 Å². The van der Waals surface area contributed by atoms with E-state index in [1.165, 1.54) is 16.5 Å². The summed E-state index contributed by atoms with van der Waals surface area (Å²) in [5.41, 5.74) is 3.35. The fraction of sp³-hybridized carbons (Fsp3) is 0.400. The summed E-state index contributed by atoms with van der Waals surface area (Å²) in [5, 5.41) is 6.50. The van der Waals surface area contributed by atoms with Gasteiger partial charge in [-0.1, -0.05) is 41.4 Å². The largest absolute Gasteiger partial charge is 0.347 e. The van der Waals surface area contributed by atoms with E-state index in [2.05, 4.69) is 66.0 Å². The molecule has 7 heteroatoms. The molecule has 172 valence electrons. The Hall–Kier alpha value is -1.79. The van der Waals surface area contributed by atoms with Crippen LogP contribution in [0.1, 0.15) is 32.8 Å². The van der Waals surface area contributed by atoms with E-state index in [1.54, 1.807) is 11.0 Å². The summed E-state index contributed by atoms with van der Waals surface area (Å²) in [6.07, 6.45) is 3.33. The number of para-hydroxylation sites is 1. The van der Waals surface area contributed by atoms with Gasteiger partial charge in [0.15, 0.2) is 5.11 Å². The number of benzene rings is 2. The molecule has 2 aromatic carbocycles. The highest BCUT2D eigenvalue weighted by Crippen LogP contribution is 2.25. The Morgan fingerprint density at radius 3 is 2.41 bits per heavy atom. The fourth-order valence-electron chi connectivity index (χ4n) is 4.12. The second-order valence-electron chi connectivity index (χ2n) is 8.03. The van der Waals surface area contributed by atoms with Crippen molar-refractivity contribution >= 4 is 57.1 Å². The molecule has 0 amide bonds. The molecule has 0 spiro atoms. The molecule has 1 aromatic heterocycles. The number of nitrogens with one attached hydrogen (secondary N) is 2. The van der Waals surface area contributed by atoms with Gasteiger partial charge < -0.3 is 19.7 Å². The standard InChI is InChI=1S/C25H32Cl2N4S/c1-4-29(5-2)12-9-13-31(25(32)28-22-15-20(26)14-21(27)16-22)18-19-17-30(6-3)24-11-8-7-10-23(19)24/h7-8,10-11,14-17H,4-6,9,12-13,18H2,1-3H3,(H,28,32)/p+1. The molecule has 2 N–H and O–H groups in total. The Labute approximate surface area is 207 Å². The maximum Gasteiger partial charge on any atom is 0.173 e. The SMILES string of the molecule is CCn1cc(CN(CCC[NH+](CC)CC)C(=S)Nc2cc(Cl)cc(Cl)c2)c2ccccc21. The minimum absolute atomic E-state index is 0.588. The van der Waals surface area contributed by atoms with Crippen LogP contribution in [0.5, 0.6) is 0 Å². The molecule has 0 radical (unpaired) electrons. The number of hydrogen-bond donors (Lipinski definition) is 2. The summed E-state index contributed by atoms with van der Waals surface area (Å²) in [6.45, 7) is 12.7. The van der Waals surface area contributed by atoms with Crippen LogP contribution in [-0.4, -0.2) is 40.8 Å². The van der Waals surface area contributed by atoms with Crippen molar-refractivity contribution in [2.75, 3.05) is 31.5 Å². The maximum atomic E-state index is 6.19. The van der Waals surface area contributed by atoms with E-state index in [0.717, 1.165) is 51.4 Å². The molecule has 1 heterocycles. The molecule has 3 aromatic rings. The third kappa shape index (κ3) is 6.38. The van der Waals surface area contributed by atoms with Crippen molar-refractivity contribution in [2.45, 2.75) is 40.3 Å². The van der Waals surface area contributed by atoms with Crippen molar-refractivity contribution in [3.05, 3.63) is 64.3 Å². The van der Waals surface area contributed by atoms with Gasteiger partial charge in [-0.2, -0.15) is 0 Å². The molecular weight excluding hydrogens is 459 g/mol. The third-order valence-corrected chi connectivity index (χ3v) is 6.73. The Morgan fingerprint density at radius 2 is 1.75 bits per heavy atom. The number of quaternary nitrogens is 1. The van der Waals surface area contributed by atoms with E-state index in [-0.39, 0.29) is 0 Å². The molecule has 0 aliphatic rings. The molecule has 0 aliphatic carbocycles. The smallest absolute Gasteiger partial charge is 0.173 e. The first kappa shape index (κ1) is 24.8. The first-order chi connectivity index (χ1) is 15.4. The van der Waals surface area contributed by atoms with Gasteiger partial charge in [-0.3, -0.25) is 0 Å². The van der Waals surface area contributed by atoms with E-state index in [4.69, 9.17) is 35.4 Å². The van der Waals surface area contributed by atoms with E-state index in [0.29, 0.717) is 15.2 Å². The molecule has 0 saturated heterocycles. The summed E-state index contributed by atoms with van der Waals surface area (Å²) in [7, 11) is 0. The molecule has 0 atom stereocenters. The van der Waals surface area contributed by atoms with Crippen molar-refractivity contribution in [3.63, 3.8) is 0 Å². The lowest BCUT2D eigenvalue weighted by atomic mass is 10.1. The number of rotatable bonds is 10. The Balaban J connectivity index is 1.82. The van der Waals surface area contributed by atoms with Gasteiger partial charge >= 0.3 is 0 Å². The van der Waals surface area contributed by atoms with Gasteiger partial charge in [0, 0.05) is 58.9 Å². The van der Waals surface area contributed by atoms with Crippen molar-refractivity contribution in [3.8, 4) is 0 Å². The predicted molar refractivity (Wildman–Crippen MR) is 142 cm³/mol. The van der Waals surface area contributed by atoms with Crippen molar-refractivity contribution in [1.82, 2.24) is 9.47 Å². The van der Waals surface area contributed by atoms with E-state index < -0.39 is 0 Å². The zero-order chi connectivity index (χ0) is 23.1. The molecule has 0 aliphatic heterocycles. The van der Waals surface area contributed by atoms with E-state index in [1.807, 2.05) is 12.1 Å². The number of anilines is 1. The summed E-state index contributed by atoms with van der Waals surface area (Å²) in [5.74, 6) is 0. The highest BCUT2D eigenvalue weighted by atomic mass is 35.5. The van der Waals surface area contributed by atoms with Crippen molar-refractivity contribution in [2.24, 2.45) is 0 Å². The van der Waals surface area contributed by atoms with Crippen LogP contribution < -0.4 is 10.2 Å². The van der Waals surface area contributed by atoms with Crippen LogP contribution in [0.3, 0.4) is 0 Å².